The maximum atomic E-state index is 12.4. The third kappa shape index (κ3) is 2.72. The smallest absolute Gasteiger partial charge is 0.275 e. The number of fused-ring (bicyclic) bond motifs is 1. The average Bonchev–Trinajstić information content (AvgIpc) is 3.07. The topological polar surface area (TPSA) is 58.1 Å². The zero-order valence-corrected chi connectivity index (χ0v) is 13.0. The first-order valence-electron chi connectivity index (χ1n) is 7.86. The first-order valence-corrected chi connectivity index (χ1v) is 7.86. The van der Waals surface area contributed by atoms with E-state index in [9.17, 15) is 4.79 Å². The fraction of sp³-hybridized carbons (Fsp3) is 0.105. The van der Waals surface area contributed by atoms with Crippen LogP contribution in [0, 0.1) is 0 Å². The zero-order chi connectivity index (χ0) is 16.4. The number of rotatable bonds is 3. The van der Waals surface area contributed by atoms with Crippen LogP contribution in [0.25, 0.3) is 0 Å². The van der Waals surface area contributed by atoms with Gasteiger partial charge < -0.3 is 10.2 Å². The summed E-state index contributed by atoms with van der Waals surface area (Å²) in [5.41, 5.74) is 2.84. The molecule has 0 radical (unpaired) electrons. The summed E-state index contributed by atoms with van der Waals surface area (Å²) in [6.45, 7) is 0.873. The number of anilines is 3. The Hall–Kier alpha value is -3.21. The van der Waals surface area contributed by atoms with E-state index in [1.807, 2.05) is 30.3 Å². The Bertz CT molecular complexity index is 879. The number of benzene rings is 1. The second-order valence-electron chi connectivity index (χ2n) is 5.58. The van der Waals surface area contributed by atoms with Gasteiger partial charge in [0.15, 0.2) is 0 Å². The Balaban J connectivity index is 1.59. The molecule has 5 nitrogen and oxygen atoms in total. The number of hydrogen-bond acceptors (Lipinski definition) is 4. The first-order chi connectivity index (χ1) is 11.8. The van der Waals surface area contributed by atoms with E-state index in [1.165, 1.54) is 5.56 Å². The highest BCUT2D eigenvalue weighted by Crippen LogP contribution is 2.33. The number of carbonyl (C=O) groups excluding carboxylic acids is 1. The molecule has 1 amide bonds. The van der Waals surface area contributed by atoms with Crippen LogP contribution in [-0.2, 0) is 6.42 Å². The molecule has 4 rings (SSSR count). The Morgan fingerprint density at radius 3 is 2.75 bits per heavy atom. The molecule has 24 heavy (non-hydrogen) atoms. The molecule has 3 aromatic rings. The lowest BCUT2D eigenvalue weighted by atomic mass is 10.2. The molecule has 1 aliphatic rings. The summed E-state index contributed by atoms with van der Waals surface area (Å²) in [7, 11) is 0. The van der Waals surface area contributed by atoms with E-state index in [-0.39, 0.29) is 5.91 Å². The van der Waals surface area contributed by atoms with Crippen molar-refractivity contribution in [1.29, 1.82) is 0 Å². The highest BCUT2D eigenvalue weighted by atomic mass is 16.1. The molecule has 0 unspecified atom stereocenters. The van der Waals surface area contributed by atoms with Crippen LogP contribution >= 0.6 is 0 Å². The van der Waals surface area contributed by atoms with Crippen molar-refractivity contribution in [3.05, 3.63) is 78.1 Å². The summed E-state index contributed by atoms with van der Waals surface area (Å²) in [6.07, 6.45) is 2.63. The molecule has 0 fully saturated rings. The molecular weight excluding hydrogens is 300 g/mol. The van der Waals surface area contributed by atoms with Gasteiger partial charge in [-0.05, 0) is 42.3 Å². The minimum absolute atomic E-state index is 0.261. The molecule has 0 bridgehead atoms. The van der Waals surface area contributed by atoms with E-state index in [1.54, 1.807) is 24.4 Å². The fourth-order valence-corrected chi connectivity index (χ4v) is 2.89. The molecule has 1 aliphatic heterocycles. The van der Waals surface area contributed by atoms with E-state index >= 15 is 0 Å². The van der Waals surface area contributed by atoms with Crippen LogP contribution in [0.2, 0.25) is 0 Å². The lowest BCUT2D eigenvalue weighted by molar-refractivity contribution is 0.102. The van der Waals surface area contributed by atoms with Crippen LogP contribution in [0.3, 0.4) is 0 Å². The average molecular weight is 316 g/mol. The standard InChI is InChI=1S/C19H16N4O/c24-19(22-17-9-3-4-12-20-17)15-7-5-10-18(21-15)23-13-11-14-6-1-2-8-16(14)23/h1-10,12H,11,13H2,(H,20,22,24). The molecular formula is C19H16N4O. The van der Waals surface area contributed by atoms with Crippen molar-refractivity contribution < 1.29 is 4.79 Å². The van der Waals surface area contributed by atoms with Gasteiger partial charge in [0.05, 0.1) is 0 Å². The molecule has 118 valence electrons. The van der Waals surface area contributed by atoms with Gasteiger partial charge in [-0.3, -0.25) is 4.79 Å². The van der Waals surface area contributed by atoms with Gasteiger partial charge in [-0.1, -0.05) is 30.3 Å². The van der Waals surface area contributed by atoms with Crippen molar-refractivity contribution >= 4 is 23.2 Å². The van der Waals surface area contributed by atoms with E-state index in [2.05, 4.69) is 32.3 Å². The predicted octanol–water partition coefficient (Wildman–Crippen LogP) is 3.42. The minimum Gasteiger partial charge on any atom is -0.326 e. The molecule has 2 aromatic heterocycles. The van der Waals surface area contributed by atoms with Crippen LogP contribution in [0.4, 0.5) is 17.3 Å². The number of amides is 1. The van der Waals surface area contributed by atoms with Gasteiger partial charge in [0.25, 0.3) is 5.91 Å². The van der Waals surface area contributed by atoms with Crippen LogP contribution in [0.5, 0.6) is 0 Å². The van der Waals surface area contributed by atoms with Gasteiger partial charge in [-0.15, -0.1) is 0 Å². The summed E-state index contributed by atoms with van der Waals surface area (Å²) < 4.78 is 0. The lowest BCUT2D eigenvalue weighted by Crippen LogP contribution is -2.19. The number of nitrogens with zero attached hydrogens (tertiary/aromatic N) is 3. The van der Waals surface area contributed by atoms with E-state index < -0.39 is 0 Å². The van der Waals surface area contributed by atoms with Gasteiger partial charge in [0.2, 0.25) is 0 Å². The molecule has 0 spiro atoms. The Labute approximate surface area is 140 Å². The Kier molecular flexibility index (Phi) is 3.67. The normalized spacial score (nSPS) is 12.8. The highest BCUT2D eigenvalue weighted by Gasteiger charge is 2.21. The quantitative estimate of drug-likeness (QED) is 0.804. The maximum absolute atomic E-state index is 12.4. The Morgan fingerprint density at radius 2 is 1.88 bits per heavy atom. The van der Waals surface area contributed by atoms with Crippen molar-refractivity contribution in [2.45, 2.75) is 6.42 Å². The number of nitrogens with one attached hydrogen (secondary N) is 1. The molecule has 5 heteroatoms. The predicted molar refractivity (Wildman–Crippen MR) is 93.6 cm³/mol. The summed E-state index contributed by atoms with van der Waals surface area (Å²) in [4.78, 5) is 23.2. The third-order valence-electron chi connectivity index (χ3n) is 4.04. The molecule has 1 aromatic carbocycles. The van der Waals surface area contributed by atoms with E-state index in [4.69, 9.17) is 0 Å². The second-order valence-corrected chi connectivity index (χ2v) is 5.58. The van der Waals surface area contributed by atoms with Crippen molar-refractivity contribution in [1.82, 2.24) is 9.97 Å². The lowest BCUT2D eigenvalue weighted by Gasteiger charge is -2.18. The van der Waals surface area contributed by atoms with Crippen LogP contribution < -0.4 is 10.2 Å². The monoisotopic (exact) mass is 316 g/mol. The Morgan fingerprint density at radius 1 is 1.00 bits per heavy atom. The van der Waals surface area contributed by atoms with Gasteiger partial charge in [-0.2, -0.15) is 0 Å². The number of pyridine rings is 2. The third-order valence-corrected chi connectivity index (χ3v) is 4.04. The zero-order valence-electron chi connectivity index (χ0n) is 13.0. The van der Waals surface area contributed by atoms with Crippen LogP contribution in [0.1, 0.15) is 16.1 Å². The van der Waals surface area contributed by atoms with Crippen molar-refractivity contribution in [2.75, 3.05) is 16.8 Å². The molecule has 0 aliphatic carbocycles. The minimum atomic E-state index is -0.261. The number of carbonyl (C=O) groups is 1. The van der Waals surface area contributed by atoms with E-state index in [0.29, 0.717) is 11.5 Å². The van der Waals surface area contributed by atoms with Gasteiger partial charge in [0.1, 0.15) is 17.3 Å². The SMILES string of the molecule is O=C(Nc1ccccn1)c1cccc(N2CCc3ccccc32)n1. The van der Waals surface area contributed by atoms with Gasteiger partial charge in [0, 0.05) is 18.4 Å². The first kappa shape index (κ1) is 14.4. The van der Waals surface area contributed by atoms with Crippen LogP contribution in [-0.4, -0.2) is 22.4 Å². The number of para-hydroxylation sites is 1. The largest absolute Gasteiger partial charge is 0.326 e. The van der Waals surface area contributed by atoms with E-state index in [0.717, 1.165) is 24.5 Å². The summed E-state index contributed by atoms with van der Waals surface area (Å²) in [6, 6.07) is 19.2. The molecule has 3 heterocycles. The summed E-state index contributed by atoms with van der Waals surface area (Å²) in [5, 5.41) is 2.76. The van der Waals surface area contributed by atoms with Gasteiger partial charge in [-0.25, -0.2) is 9.97 Å². The molecule has 0 atom stereocenters. The summed E-state index contributed by atoms with van der Waals surface area (Å²) >= 11 is 0. The van der Waals surface area contributed by atoms with Crippen molar-refractivity contribution in [2.24, 2.45) is 0 Å². The second kappa shape index (κ2) is 6.12. The maximum Gasteiger partial charge on any atom is 0.275 e. The molecule has 0 saturated carbocycles. The molecule has 1 N–H and O–H groups in total. The van der Waals surface area contributed by atoms with Crippen molar-refractivity contribution in [3.63, 3.8) is 0 Å². The highest BCUT2D eigenvalue weighted by molar-refractivity contribution is 6.02. The fourth-order valence-electron chi connectivity index (χ4n) is 2.89. The summed E-state index contributed by atoms with van der Waals surface area (Å²) in [5.74, 6) is 1.04. The van der Waals surface area contributed by atoms with Gasteiger partial charge >= 0.3 is 0 Å². The number of aromatic nitrogens is 2. The van der Waals surface area contributed by atoms with Crippen LogP contribution in [0.15, 0.2) is 66.9 Å². The van der Waals surface area contributed by atoms with Crippen molar-refractivity contribution in [3.8, 4) is 0 Å². The molecule has 0 saturated heterocycles. The number of hydrogen-bond donors (Lipinski definition) is 1.